The van der Waals surface area contributed by atoms with Gasteiger partial charge in [0, 0.05) is 0 Å². The molecule has 0 fully saturated rings. The third kappa shape index (κ3) is 19.0. The number of rotatable bonds is 2. The molecule has 2 nitrogen and oxygen atoms in total. The number of carbonyl (C=O) groups excluding carboxylic acids is 1. The minimum Gasteiger partial charge on any atom is -0.366 e. The molecule has 0 saturated heterocycles. The summed E-state index contributed by atoms with van der Waals surface area (Å²) >= 11 is 0. The molecular weight excluding hydrogens is 114 g/mol. The summed E-state index contributed by atoms with van der Waals surface area (Å²) in [4.78, 5) is 9.89. The van der Waals surface area contributed by atoms with E-state index in [2.05, 4.69) is 0 Å². The second kappa shape index (κ2) is 10.2. The van der Waals surface area contributed by atoms with Gasteiger partial charge in [0.15, 0.2) is 0 Å². The molecule has 0 aromatic rings. The van der Waals surface area contributed by atoms with Gasteiger partial charge in [-0.25, -0.2) is 0 Å². The fourth-order valence-corrected chi connectivity index (χ4v) is 0.234. The Morgan fingerprint density at radius 1 is 1.56 bits per heavy atom. The van der Waals surface area contributed by atoms with Gasteiger partial charge in [-0.2, -0.15) is 0 Å². The monoisotopic (exact) mass is 129 g/mol. The zero-order valence-corrected chi connectivity index (χ0v) is 6.35. The maximum absolute atomic E-state index is 9.89. The van der Waals surface area contributed by atoms with E-state index in [0.717, 1.165) is 6.42 Å². The van der Waals surface area contributed by atoms with Gasteiger partial charge in [0.05, 0.1) is 0 Å². The normalized spacial score (nSPS) is 8.33. The molecule has 0 spiro atoms. The number of amides is 1. The lowest BCUT2D eigenvalue weighted by atomic mass is 10.4. The van der Waals surface area contributed by atoms with Gasteiger partial charge in [-0.05, 0) is 12.5 Å². The quantitative estimate of drug-likeness (QED) is 0.563. The van der Waals surface area contributed by atoms with Gasteiger partial charge in [-0.3, -0.25) is 4.79 Å². The van der Waals surface area contributed by atoms with E-state index in [4.69, 9.17) is 5.73 Å². The molecule has 0 bridgehead atoms. The van der Waals surface area contributed by atoms with Gasteiger partial charge >= 0.3 is 0 Å². The van der Waals surface area contributed by atoms with E-state index in [1.807, 2.05) is 20.8 Å². The van der Waals surface area contributed by atoms with Crippen LogP contribution in [0.3, 0.4) is 0 Å². The van der Waals surface area contributed by atoms with Gasteiger partial charge in [0.2, 0.25) is 5.91 Å². The van der Waals surface area contributed by atoms with Crippen LogP contribution in [0.5, 0.6) is 0 Å². The van der Waals surface area contributed by atoms with Gasteiger partial charge in [-0.1, -0.05) is 26.8 Å². The summed E-state index contributed by atoms with van der Waals surface area (Å²) in [5.74, 6) is -0.373. The van der Waals surface area contributed by atoms with Crippen LogP contribution in [-0.4, -0.2) is 5.91 Å². The Balaban J connectivity index is 0. The average Bonchev–Trinajstić information content (AvgIpc) is 1.88. The fraction of sp³-hybridized carbons (Fsp3) is 0.571. The molecule has 0 radical (unpaired) electrons. The number of hydrogen-bond acceptors (Lipinski definition) is 1. The number of carbonyl (C=O) groups is 1. The van der Waals surface area contributed by atoms with Crippen molar-refractivity contribution in [1.82, 2.24) is 0 Å². The van der Waals surface area contributed by atoms with E-state index in [-0.39, 0.29) is 5.91 Å². The predicted molar refractivity (Wildman–Crippen MR) is 40.0 cm³/mol. The van der Waals surface area contributed by atoms with E-state index >= 15 is 0 Å². The molecule has 0 rings (SSSR count). The van der Waals surface area contributed by atoms with Crippen LogP contribution in [0.15, 0.2) is 12.2 Å². The van der Waals surface area contributed by atoms with Gasteiger partial charge < -0.3 is 5.73 Å². The summed E-state index contributed by atoms with van der Waals surface area (Å²) in [5.41, 5.74) is 4.75. The highest BCUT2D eigenvalue weighted by Crippen LogP contribution is 1.75. The van der Waals surface area contributed by atoms with Crippen LogP contribution < -0.4 is 5.73 Å². The number of nitrogens with two attached hydrogens (primary N) is 1. The summed E-state index contributed by atoms with van der Waals surface area (Å²) in [5, 5.41) is 0. The molecule has 0 aliphatic heterocycles. The van der Waals surface area contributed by atoms with Crippen molar-refractivity contribution in [3.05, 3.63) is 12.2 Å². The summed E-state index contributed by atoms with van der Waals surface area (Å²) in [6.07, 6.45) is 3.95. The third-order valence-electron chi connectivity index (χ3n) is 0.518. The van der Waals surface area contributed by atoms with Crippen molar-refractivity contribution in [2.45, 2.75) is 27.2 Å². The lowest BCUT2D eigenvalue weighted by Gasteiger charge is -1.74. The van der Waals surface area contributed by atoms with E-state index in [0.29, 0.717) is 0 Å². The maximum atomic E-state index is 9.89. The molecule has 0 saturated carbocycles. The standard InChI is InChI=1S/C5H9NO.C2H6/c1-2-3-4-5(6)7;1-2/h3-4H,2H2,1H3,(H2,6,7);1-2H3/b4-3+;. The second-order valence-electron chi connectivity index (χ2n) is 1.21. The highest BCUT2D eigenvalue weighted by molar-refractivity contribution is 5.85. The van der Waals surface area contributed by atoms with E-state index in [9.17, 15) is 4.79 Å². The van der Waals surface area contributed by atoms with Gasteiger partial charge in [-0.15, -0.1) is 0 Å². The summed E-state index contributed by atoms with van der Waals surface area (Å²) < 4.78 is 0. The molecule has 2 N–H and O–H groups in total. The second-order valence-corrected chi connectivity index (χ2v) is 1.21. The van der Waals surface area contributed by atoms with Crippen molar-refractivity contribution in [2.24, 2.45) is 5.73 Å². The Morgan fingerprint density at radius 2 is 2.00 bits per heavy atom. The van der Waals surface area contributed by atoms with Crippen molar-refractivity contribution in [1.29, 1.82) is 0 Å². The minimum absolute atomic E-state index is 0.373. The number of allylic oxidation sites excluding steroid dienone is 1. The van der Waals surface area contributed by atoms with Gasteiger partial charge in [0.25, 0.3) is 0 Å². The van der Waals surface area contributed by atoms with Gasteiger partial charge in [0.1, 0.15) is 0 Å². The first kappa shape index (κ1) is 11.1. The smallest absolute Gasteiger partial charge is 0.241 e. The Hall–Kier alpha value is -0.790. The molecule has 9 heavy (non-hydrogen) atoms. The Labute approximate surface area is 56.7 Å². The van der Waals surface area contributed by atoms with Crippen LogP contribution in [0.2, 0.25) is 0 Å². The number of hydrogen-bond donors (Lipinski definition) is 1. The number of primary amides is 1. The Kier molecular flexibility index (Phi) is 12.6. The van der Waals surface area contributed by atoms with Crippen molar-refractivity contribution >= 4 is 5.91 Å². The van der Waals surface area contributed by atoms with E-state index in [1.165, 1.54) is 6.08 Å². The molecule has 0 aliphatic rings. The predicted octanol–water partition coefficient (Wildman–Crippen LogP) is 1.46. The zero-order chi connectivity index (χ0) is 7.70. The Morgan fingerprint density at radius 3 is 2.11 bits per heavy atom. The van der Waals surface area contributed by atoms with Crippen LogP contribution in [0.1, 0.15) is 27.2 Å². The maximum Gasteiger partial charge on any atom is 0.241 e. The third-order valence-corrected chi connectivity index (χ3v) is 0.518. The molecule has 54 valence electrons. The van der Waals surface area contributed by atoms with Crippen molar-refractivity contribution < 1.29 is 4.79 Å². The Bertz CT molecular complexity index is 86.9. The molecular formula is C7H15NO. The summed E-state index contributed by atoms with van der Waals surface area (Å²) in [6, 6.07) is 0. The van der Waals surface area contributed by atoms with Crippen LogP contribution in [0.4, 0.5) is 0 Å². The van der Waals surface area contributed by atoms with Crippen molar-refractivity contribution in [3.8, 4) is 0 Å². The lowest BCUT2D eigenvalue weighted by molar-refractivity contribution is -0.113. The van der Waals surface area contributed by atoms with Crippen LogP contribution in [0.25, 0.3) is 0 Å². The molecule has 0 atom stereocenters. The van der Waals surface area contributed by atoms with E-state index < -0.39 is 0 Å². The molecule has 0 aliphatic carbocycles. The van der Waals surface area contributed by atoms with Crippen LogP contribution in [0, 0.1) is 0 Å². The minimum atomic E-state index is -0.373. The first-order chi connectivity index (χ1) is 4.27. The molecule has 0 aromatic heterocycles. The molecule has 0 unspecified atom stereocenters. The molecule has 2 heteroatoms. The van der Waals surface area contributed by atoms with Crippen LogP contribution >= 0.6 is 0 Å². The lowest BCUT2D eigenvalue weighted by Crippen LogP contribution is -2.04. The SMILES string of the molecule is CC.CC/C=C/C(N)=O. The first-order valence-electron chi connectivity index (χ1n) is 3.23. The molecule has 0 heterocycles. The average molecular weight is 129 g/mol. The largest absolute Gasteiger partial charge is 0.366 e. The van der Waals surface area contributed by atoms with Crippen LogP contribution in [-0.2, 0) is 4.79 Å². The van der Waals surface area contributed by atoms with E-state index in [1.54, 1.807) is 6.08 Å². The topological polar surface area (TPSA) is 43.1 Å². The van der Waals surface area contributed by atoms with Crippen molar-refractivity contribution in [2.75, 3.05) is 0 Å². The first-order valence-corrected chi connectivity index (χ1v) is 3.23. The van der Waals surface area contributed by atoms with Crippen molar-refractivity contribution in [3.63, 3.8) is 0 Å². The summed E-state index contributed by atoms with van der Waals surface area (Å²) in [7, 11) is 0. The molecule has 0 aromatic carbocycles. The zero-order valence-electron chi connectivity index (χ0n) is 6.35. The highest BCUT2D eigenvalue weighted by Gasteiger charge is 1.75. The fourth-order valence-electron chi connectivity index (χ4n) is 0.234. The summed E-state index contributed by atoms with van der Waals surface area (Å²) in [6.45, 7) is 5.94. The molecule has 1 amide bonds. The highest BCUT2D eigenvalue weighted by atomic mass is 16.1.